The number of amides is 2. The number of carbonyl (C=O) groups excluding carboxylic acids is 1. The van der Waals surface area contributed by atoms with Gasteiger partial charge < -0.3 is 4.74 Å². The zero-order valence-corrected chi connectivity index (χ0v) is 15.0. The molecule has 2 aromatic rings. The van der Waals surface area contributed by atoms with Crippen LogP contribution in [0.1, 0.15) is 5.82 Å². The van der Waals surface area contributed by atoms with Crippen molar-refractivity contribution >= 4 is 74.2 Å². The molecule has 0 atom stereocenters. The van der Waals surface area contributed by atoms with Crippen LogP contribution in [-0.4, -0.2) is 66.1 Å². The zero-order chi connectivity index (χ0) is 17.0. The number of anilines is 1. The molecule has 0 radical (unpaired) electrons. The third-order valence-corrected chi connectivity index (χ3v) is 5.18. The fraction of sp³-hybridized carbons (Fsp3) is 0.167. The van der Waals surface area contributed by atoms with Crippen LogP contribution >= 0.6 is 22.6 Å². The molecule has 0 saturated carbocycles. The van der Waals surface area contributed by atoms with Crippen molar-refractivity contribution in [3.63, 3.8) is 0 Å². The van der Waals surface area contributed by atoms with E-state index in [0.717, 1.165) is 0 Å². The van der Waals surface area contributed by atoms with Gasteiger partial charge in [0.05, 0.1) is 7.11 Å². The molecule has 0 bridgehead atoms. The molecule has 1 aromatic heterocycles. The van der Waals surface area contributed by atoms with Gasteiger partial charge in [0.25, 0.3) is 10.0 Å². The molecule has 0 fully saturated rings. The predicted octanol–water partition coefficient (Wildman–Crippen LogP) is 0.655. The van der Waals surface area contributed by atoms with Crippen LogP contribution in [0.2, 0.25) is 0 Å². The van der Waals surface area contributed by atoms with Crippen molar-refractivity contribution in [2.75, 3.05) is 12.4 Å². The third kappa shape index (κ3) is 5.51. The normalized spacial score (nSPS) is 10.5. The van der Waals surface area contributed by atoms with Crippen molar-refractivity contribution in [1.82, 2.24) is 19.7 Å². The van der Waals surface area contributed by atoms with Crippen LogP contribution in [0, 0.1) is 10.5 Å². The maximum absolute atomic E-state index is 12.2. The Morgan fingerprint density at radius 1 is 1.21 bits per heavy atom. The standard InChI is InChI=1S/C12H12IN5O4S.Na.H/c1-7-14-10(17-12(15-7)22-2)16-11(19)18-23(20,21)9-6-4-3-5-8(9)13;;/h3-6H,1-2H3,(H2,14,15,16,17,18,19);;. The first-order valence-electron chi connectivity index (χ1n) is 6.17. The number of benzene rings is 1. The maximum atomic E-state index is 12.2. The monoisotopic (exact) mass is 473 g/mol. The summed E-state index contributed by atoms with van der Waals surface area (Å²) in [4.78, 5) is 23.4. The molecular formula is C12H13IN5NaO4S. The Morgan fingerprint density at radius 2 is 1.88 bits per heavy atom. The average Bonchev–Trinajstić information content (AvgIpc) is 2.46. The van der Waals surface area contributed by atoms with Crippen LogP contribution in [0.25, 0.3) is 0 Å². The number of methoxy groups -OCH3 is 1. The summed E-state index contributed by atoms with van der Waals surface area (Å²) in [5.74, 6) is 0.192. The average molecular weight is 473 g/mol. The van der Waals surface area contributed by atoms with Gasteiger partial charge in [-0.3, -0.25) is 5.32 Å². The summed E-state index contributed by atoms with van der Waals surface area (Å²) >= 11 is 1.87. The molecule has 2 rings (SSSR count). The van der Waals surface area contributed by atoms with Gasteiger partial charge >= 0.3 is 41.6 Å². The molecule has 24 heavy (non-hydrogen) atoms. The summed E-state index contributed by atoms with van der Waals surface area (Å²) in [6, 6.07) is 5.29. The first-order chi connectivity index (χ1) is 10.8. The topological polar surface area (TPSA) is 123 Å². The molecule has 0 unspecified atom stereocenters. The Labute approximate surface area is 174 Å². The third-order valence-electron chi connectivity index (χ3n) is 2.49. The Bertz CT molecular complexity index is 849. The summed E-state index contributed by atoms with van der Waals surface area (Å²) in [6.45, 7) is 1.58. The molecule has 12 heteroatoms. The summed E-state index contributed by atoms with van der Waals surface area (Å²) in [6.07, 6.45) is 0. The van der Waals surface area contributed by atoms with Crippen molar-refractivity contribution in [3.05, 3.63) is 33.7 Å². The van der Waals surface area contributed by atoms with E-state index in [1.165, 1.54) is 13.2 Å². The van der Waals surface area contributed by atoms with E-state index >= 15 is 0 Å². The number of hydrogen-bond acceptors (Lipinski definition) is 7. The van der Waals surface area contributed by atoms with Crippen molar-refractivity contribution < 1.29 is 17.9 Å². The van der Waals surface area contributed by atoms with Gasteiger partial charge in [-0.25, -0.2) is 17.9 Å². The summed E-state index contributed by atoms with van der Waals surface area (Å²) in [7, 11) is -2.65. The summed E-state index contributed by atoms with van der Waals surface area (Å²) in [5.41, 5.74) is 0. The molecule has 2 N–H and O–H groups in total. The summed E-state index contributed by atoms with van der Waals surface area (Å²) in [5, 5.41) is 2.23. The molecule has 0 spiro atoms. The van der Waals surface area contributed by atoms with Crippen LogP contribution in [0.4, 0.5) is 10.7 Å². The quantitative estimate of drug-likeness (QED) is 0.494. The van der Waals surface area contributed by atoms with Gasteiger partial charge in [0.15, 0.2) is 0 Å². The van der Waals surface area contributed by atoms with Crippen molar-refractivity contribution in [3.8, 4) is 6.01 Å². The molecule has 9 nitrogen and oxygen atoms in total. The minimum atomic E-state index is -4.01. The molecular weight excluding hydrogens is 460 g/mol. The van der Waals surface area contributed by atoms with Gasteiger partial charge in [-0.15, -0.1) is 0 Å². The number of carbonyl (C=O) groups is 1. The van der Waals surface area contributed by atoms with Crippen molar-refractivity contribution in [2.45, 2.75) is 11.8 Å². The van der Waals surface area contributed by atoms with Gasteiger partial charge in [-0.1, -0.05) is 12.1 Å². The Kier molecular flexibility index (Phi) is 7.79. The second-order valence-electron chi connectivity index (χ2n) is 4.18. The number of halogens is 1. The molecule has 0 aliphatic rings. The SMILES string of the molecule is COc1nc(C)nc(NC(=O)NS(=O)(=O)c2ccccc2I)n1.[NaH]. The second kappa shape index (κ2) is 8.89. The number of aryl methyl sites for hydroxylation is 1. The Morgan fingerprint density at radius 3 is 2.50 bits per heavy atom. The summed E-state index contributed by atoms with van der Waals surface area (Å²) < 4.78 is 31.6. The molecule has 0 aliphatic carbocycles. The minimum absolute atomic E-state index is 0. The molecule has 0 aliphatic heterocycles. The van der Waals surface area contributed by atoms with Crippen LogP contribution in [0.15, 0.2) is 29.2 Å². The number of ether oxygens (including phenoxy) is 1. The zero-order valence-electron chi connectivity index (χ0n) is 12.1. The van der Waals surface area contributed by atoms with Gasteiger partial charge in [-0.05, 0) is 41.6 Å². The van der Waals surface area contributed by atoms with Crippen molar-refractivity contribution in [2.24, 2.45) is 0 Å². The Hall–Kier alpha value is -1.02. The molecule has 1 aromatic carbocycles. The first kappa shape index (κ1) is 21.0. The van der Waals surface area contributed by atoms with Gasteiger partial charge in [0.1, 0.15) is 10.7 Å². The number of sulfonamides is 1. The van der Waals surface area contributed by atoms with E-state index in [-0.39, 0.29) is 46.4 Å². The van der Waals surface area contributed by atoms with E-state index in [0.29, 0.717) is 9.39 Å². The van der Waals surface area contributed by atoms with E-state index in [2.05, 4.69) is 20.3 Å². The molecule has 2 amide bonds. The molecule has 124 valence electrons. The van der Waals surface area contributed by atoms with Crippen molar-refractivity contribution in [1.29, 1.82) is 0 Å². The van der Waals surface area contributed by atoms with E-state index < -0.39 is 16.1 Å². The van der Waals surface area contributed by atoms with Gasteiger partial charge in [0.2, 0.25) is 5.95 Å². The number of rotatable bonds is 4. The number of nitrogens with zero attached hydrogens (tertiary/aromatic N) is 3. The Balaban J connectivity index is 0.00000288. The fourth-order valence-corrected chi connectivity index (χ4v) is 3.82. The number of aromatic nitrogens is 3. The number of urea groups is 1. The number of hydrogen-bond donors (Lipinski definition) is 2. The van der Waals surface area contributed by atoms with Crippen LogP contribution in [-0.2, 0) is 10.0 Å². The van der Waals surface area contributed by atoms with Crippen LogP contribution < -0.4 is 14.8 Å². The van der Waals surface area contributed by atoms with E-state index in [1.807, 2.05) is 27.3 Å². The van der Waals surface area contributed by atoms with E-state index in [4.69, 9.17) is 4.74 Å². The first-order valence-corrected chi connectivity index (χ1v) is 8.73. The molecule has 1 heterocycles. The predicted molar refractivity (Wildman–Crippen MR) is 96.8 cm³/mol. The fourth-order valence-electron chi connectivity index (χ4n) is 1.57. The second-order valence-corrected chi connectivity index (χ2v) is 7.00. The molecule has 0 saturated heterocycles. The van der Waals surface area contributed by atoms with E-state index in [9.17, 15) is 13.2 Å². The van der Waals surface area contributed by atoms with Crippen LogP contribution in [0.3, 0.4) is 0 Å². The van der Waals surface area contributed by atoms with E-state index in [1.54, 1.807) is 25.1 Å². The van der Waals surface area contributed by atoms with Gasteiger partial charge in [-0.2, -0.15) is 15.0 Å². The van der Waals surface area contributed by atoms with Crippen LogP contribution in [0.5, 0.6) is 6.01 Å². The van der Waals surface area contributed by atoms with Gasteiger partial charge in [0, 0.05) is 3.57 Å². The number of nitrogens with one attached hydrogen (secondary N) is 2.